The second-order valence-electron chi connectivity index (χ2n) is 3.95. The Morgan fingerprint density at radius 3 is 2.53 bits per heavy atom. The topological polar surface area (TPSA) is 0 Å². The molecule has 0 aliphatic carbocycles. The van der Waals surface area contributed by atoms with Gasteiger partial charge in [0.1, 0.15) is 0 Å². The molecule has 0 saturated carbocycles. The van der Waals surface area contributed by atoms with Crippen LogP contribution in [0.1, 0.15) is 49.3 Å². The fourth-order valence-corrected chi connectivity index (χ4v) is 2.03. The van der Waals surface area contributed by atoms with Crippen molar-refractivity contribution >= 4 is 12.2 Å². The molecule has 1 atom stereocenters. The first kappa shape index (κ1) is 11.8. The van der Waals surface area contributed by atoms with Crippen molar-refractivity contribution in [2.45, 2.75) is 32.6 Å². The summed E-state index contributed by atoms with van der Waals surface area (Å²) in [5, 5.41) is 0. The zero-order valence-corrected chi connectivity index (χ0v) is 9.79. The van der Waals surface area contributed by atoms with Gasteiger partial charge in [0.25, 0.3) is 0 Å². The van der Waals surface area contributed by atoms with Crippen LogP contribution in [0.3, 0.4) is 0 Å². The molecule has 0 heterocycles. The summed E-state index contributed by atoms with van der Waals surface area (Å²) < 4.78 is 0. The molecular weight excluding hydrogens is 180 g/mol. The molecule has 0 aliphatic heterocycles. The van der Waals surface area contributed by atoms with Crippen molar-refractivity contribution in [1.82, 2.24) is 0 Å². The highest BCUT2D eigenvalue weighted by Gasteiger charge is 2.09. The van der Waals surface area contributed by atoms with Gasteiger partial charge in [-0.1, -0.05) is 63.8 Å². The summed E-state index contributed by atoms with van der Waals surface area (Å²) in [5.41, 5.74) is 3.82. The van der Waals surface area contributed by atoms with Crippen LogP contribution in [0.15, 0.2) is 31.4 Å². The molecule has 0 amide bonds. The zero-order chi connectivity index (χ0) is 11.3. The average molecular weight is 200 g/mol. The third-order valence-corrected chi connectivity index (χ3v) is 2.85. The van der Waals surface area contributed by atoms with Gasteiger partial charge >= 0.3 is 0 Å². The van der Waals surface area contributed by atoms with E-state index >= 15 is 0 Å². The monoisotopic (exact) mass is 200 g/mol. The summed E-state index contributed by atoms with van der Waals surface area (Å²) in [6.07, 6.45) is 6.29. The van der Waals surface area contributed by atoms with Crippen LogP contribution in [0, 0.1) is 0 Å². The van der Waals surface area contributed by atoms with Crippen molar-refractivity contribution in [2.75, 3.05) is 0 Å². The summed E-state index contributed by atoms with van der Waals surface area (Å²) >= 11 is 0. The maximum Gasteiger partial charge on any atom is -0.0155 e. The molecule has 0 aliphatic rings. The Kier molecular flexibility index (Phi) is 4.36. The van der Waals surface area contributed by atoms with E-state index in [2.05, 4.69) is 45.2 Å². The van der Waals surface area contributed by atoms with Gasteiger partial charge < -0.3 is 0 Å². The van der Waals surface area contributed by atoms with Gasteiger partial charge in [0, 0.05) is 0 Å². The van der Waals surface area contributed by atoms with Gasteiger partial charge in [0.05, 0.1) is 0 Å². The van der Waals surface area contributed by atoms with E-state index in [-0.39, 0.29) is 0 Å². The molecule has 0 heteroatoms. The molecule has 0 radical (unpaired) electrons. The molecule has 0 aromatic heterocycles. The predicted molar refractivity (Wildman–Crippen MR) is 69.9 cm³/mol. The van der Waals surface area contributed by atoms with Crippen LogP contribution in [0.4, 0.5) is 0 Å². The number of rotatable bonds is 5. The van der Waals surface area contributed by atoms with Gasteiger partial charge in [-0.25, -0.2) is 0 Å². The Hall–Kier alpha value is -1.30. The minimum atomic E-state index is 0.600. The lowest BCUT2D eigenvalue weighted by Crippen LogP contribution is -1.97. The van der Waals surface area contributed by atoms with Crippen LogP contribution in [0.5, 0.6) is 0 Å². The molecule has 0 spiro atoms. The van der Waals surface area contributed by atoms with Crippen LogP contribution in [-0.2, 0) is 0 Å². The molecule has 0 saturated heterocycles. The smallest absolute Gasteiger partial charge is 0.0155 e. The minimum Gasteiger partial charge on any atom is -0.0984 e. The lowest BCUT2D eigenvalue weighted by molar-refractivity contribution is 0.664. The average Bonchev–Trinajstić information content (AvgIpc) is 2.28. The molecular formula is C15H20. The normalized spacial score (nSPS) is 12.1. The second kappa shape index (κ2) is 5.55. The zero-order valence-electron chi connectivity index (χ0n) is 9.79. The molecule has 1 aromatic rings. The Bertz CT molecular complexity index is 347. The maximum atomic E-state index is 3.89. The van der Waals surface area contributed by atoms with Crippen molar-refractivity contribution < 1.29 is 0 Å². The van der Waals surface area contributed by atoms with E-state index in [0.717, 1.165) is 0 Å². The predicted octanol–water partition coefficient (Wildman–Crippen LogP) is 4.88. The first-order valence-corrected chi connectivity index (χ1v) is 5.62. The highest BCUT2D eigenvalue weighted by Crippen LogP contribution is 2.27. The highest BCUT2D eigenvalue weighted by molar-refractivity contribution is 5.66. The standard InChI is InChI=1S/C15H20/c1-5-9-12(4)15-11-8-10-13(6-2)14(15)7-3/h6-8,10-12H,2-3,5,9H2,1,4H3. The van der Waals surface area contributed by atoms with E-state index in [1.54, 1.807) is 0 Å². The summed E-state index contributed by atoms with van der Waals surface area (Å²) in [6.45, 7) is 12.2. The van der Waals surface area contributed by atoms with Crippen LogP contribution in [0.2, 0.25) is 0 Å². The molecule has 0 N–H and O–H groups in total. The van der Waals surface area contributed by atoms with Crippen molar-refractivity contribution in [1.29, 1.82) is 0 Å². The van der Waals surface area contributed by atoms with E-state index in [0.29, 0.717) is 5.92 Å². The number of hydrogen-bond donors (Lipinski definition) is 0. The Labute approximate surface area is 93.3 Å². The van der Waals surface area contributed by atoms with Gasteiger partial charge in [0.15, 0.2) is 0 Å². The van der Waals surface area contributed by atoms with Crippen LogP contribution < -0.4 is 0 Å². The Morgan fingerprint density at radius 1 is 1.27 bits per heavy atom. The van der Waals surface area contributed by atoms with E-state index in [1.165, 1.54) is 29.5 Å². The largest absolute Gasteiger partial charge is 0.0984 e. The van der Waals surface area contributed by atoms with E-state index in [9.17, 15) is 0 Å². The van der Waals surface area contributed by atoms with Gasteiger partial charge in [-0.3, -0.25) is 0 Å². The van der Waals surface area contributed by atoms with Gasteiger partial charge in [-0.05, 0) is 29.0 Å². The van der Waals surface area contributed by atoms with Crippen molar-refractivity contribution in [2.24, 2.45) is 0 Å². The third-order valence-electron chi connectivity index (χ3n) is 2.85. The molecule has 1 aromatic carbocycles. The highest BCUT2D eigenvalue weighted by atomic mass is 14.1. The summed E-state index contributed by atoms with van der Waals surface area (Å²) in [7, 11) is 0. The molecule has 1 rings (SSSR count). The Balaban J connectivity index is 3.16. The van der Waals surface area contributed by atoms with Crippen LogP contribution in [0.25, 0.3) is 12.2 Å². The lowest BCUT2D eigenvalue weighted by atomic mass is 9.89. The molecule has 80 valence electrons. The molecule has 0 fully saturated rings. The van der Waals surface area contributed by atoms with Gasteiger partial charge in [0.2, 0.25) is 0 Å². The minimum absolute atomic E-state index is 0.600. The Morgan fingerprint density at radius 2 is 2.00 bits per heavy atom. The third kappa shape index (κ3) is 2.59. The molecule has 1 unspecified atom stereocenters. The van der Waals surface area contributed by atoms with E-state index in [4.69, 9.17) is 0 Å². The quantitative estimate of drug-likeness (QED) is 0.635. The first-order valence-electron chi connectivity index (χ1n) is 5.62. The van der Waals surface area contributed by atoms with Crippen LogP contribution in [-0.4, -0.2) is 0 Å². The van der Waals surface area contributed by atoms with Crippen molar-refractivity contribution in [3.8, 4) is 0 Å². The summed E-state index contributed by atoms with van der Waals surface area (Å²) in [4.78, 5) is 0. The van der Waals surface area contributed by atoms with Crippen LogP contribution >= 0.6 is 0 Å². The van der Waals surface area contributed by atoms with E-state index in [1.807, 2.05) is 12.2 Å². The number of benzene rings is 1. The van der Waals surface area contributed by atoms with Gasteiger partial charge in [-0.15, -0.1) is 0 Å². The fraction of sp³-hybridized carbons (Fsp3) is 0.333. The maximum absolute atomic E-state index is 3.89. The number of hydrogen-bond acceptors (Lipinski definition) is 0. The second-order valence-corrected chi connectivity index (χ2v) is 3.95. The fourth-order valence-electron chi connectivity index (χ4n) is 2.03. The van der Waals surface area contributed by atoms with Gasteiger partial charge in [-0.2, -0.15) is 0 Å². The lowest BCUT2D eigenvalue weighted by Gasteiger charge is -2.15. The van der Waals surface area contributed by atoms with Crippen molar-refractivity contribution in [3.63, 3.8) is 0 Å². The molecule has 15 heavy (non-hydrogen) atoms. The SMILES string of the molecule is C=Cc1cccc(C(C)CCC)c1C=C. The molecule has 0 bridgehead atoms. The summed E-state index contributed by atoms with van der Waals surface area (Å²) in [5.74, 6) is 0.600. The van der Waals surface area contributed by atoms with Crippen molar-refractivity contribution in [3.05, 3.63) is 48.0 Å². The molecule has 0 nitrogen and oxygen atoms in total. The van der Waals surface area contributed by atoms with E-state index < -0.39 is 0 Å². The first-order chi connectivity index (χ1) is 7.24. The summed E-state index contributed by atoms with van der Waals surface area (Å²) in [6, 6.07) is 6.39.